The molecule has 1 aliphatic rings. The van der Waals surface area contributed by atoms with Gasteiger partial charge in [0.05, 0.1) is 10.5 Å². The molecular weight excluding hydrogens is 249 g/mol. The highest BCUT2D eigenvalue weighted by molar-refractivity contribution is 5.46. The SMILES string of the molecule is O=[N+]([O-])c1cc(C(F)(F)F)ccc1C1CCNC1. The second-order valence-electron chi connectivity index (χ2n) is 4.22. The van der Waals surface area contributed by atoms with E-state index in [9.17, 15) is 23.3 Å². The normalized spacial score (nSPS) is 20.1. The van der Waals surface area contributed by atoms with Crippen LogP contribution in [0.4, 0.5) is 18.9 Å². The van der Waals surface area contributed by atoms with Crippen LogP contribution in [0.2, 0.25) is 0 Å². The molecule has 0 amide bonds. The Morgan fingerprint density at radius 1 is 1.39 bits per heavy atom. The van der Waals surface area contributed by atoms with Crippen molar-refractivity contribution in [3.05, 3.63) is 39.4 Å². The fraction of sp³-hybridized carbons (Fsp3) is 0.455. The van der Waals surface area contributed by atoms with Crippen molar-refractivity contribution >= 4 is 5.69 Å². The topological polar surface area (TPSA) is 55.2 Å². The molecule has 4 nitrogen and oxygen atoms in total. The van der Waals surface area contributed by atoms with Crippen LogP contribution in [0.1, 0.15) is 23.5 Å². The molecule has 1 fully saturated rings. The summed E-state index contributed by atoms with van der Waals surface area (Å²) < 4.78 is 37.5. The maximum atomic E-state index is 12.5. The van der Waals surface area contributed by atoms with Gasteiger partial charge in [-0.1, -0.05) is 6.07 Å². The lowest BCUT2D eigenvalue weighted by Crippen LogP contribution is -2.11. The number of hydrogen-bond acceptors (Lipinski definition) is 3. The molecule has 0 radical (unpaired) electrons. The van der Waals surface area contributed by atoms with E-state index in [4.69, 9.17) is 0 Å². The number of halogens is 3. The second-order valence-corrected chi connectivity index (χ2v) is 4.22. The number of rotatable bonds is 2. The van der Waals surface area contributed by atoms with Crippen molar-refractivity contribution in [2.45, 2.75) is 18.5 Å². The zero-order valence-electron chi connectivity index (χ0n) is 9.33. The highest BCUT2D eigenvalue weighted by atomic mass is 19.4. The molecule has 2 rings (SSSR count). The fourth-order valence-electron chi connectivity index (χ4n) is 2.14. The van der Waals surface area contributed by atoms with Crippen LogP contribution in [0.3, 0.4) is 0 Å². The number of hydrogen-bond donors (Lipinski definition) is 1. The lowest BCUT2D eigenvalue weighted by atomic mass is 9.95. The molecule has 1 aromatic rings. The van der Waals surface area contributed by atoms with Gasteiger partial charge < -0.3 is 5.32 Å². The summed E-state index contributed by atoms with van der Waals surface area (Å²) in [5.74, 6) is -0.0901. The monoisotopic (exact) mass is 260 g/mol. The average Bonchev–Trinajstić information content (AvgIpc) is 2.80. The van der Waals surface area contributed by atoms with Gasteiger partial charge in [0.25, 0.3) is 5.69 Å². The van der Waals surface area contributed by atoms with Crippen molar-refractivity contribution in [2.75, 3.05) is 13.1 Å². The van der Waals surface area contributed by atoms with E-state index in [1.54, 1.807) is 0 Å². The summed E-state index contributed by atoms with van der Waals surface area (Å²) in [4.78, 5) is 10.1. The van der Waals surface area contributed by atoms with Gasteiger partial charge in [0.2, 0.25) is 0 Å². The number of alkyl halides is 3. The van der Waals surface area contributed by atoms with E-state index in [0.29, 0.717) is 24.6 Å². The van der Waals surface area contributed by atoms with Crippen molar-refractivity contribution in [3.63, 3.8) is 0 Å². The van der Waals surface area contributed by atoms with E-state index in [-0.39, 0.29) is 5.92 Å². The Labute approximate surface area is 101 Å². The predicted molar refractivity (Wildman–Crippen MR) is 58.3 cm³/mol. The molecule has 1 aliphatic heterocycles. The van der Waals surface area contributed by atoms with E-state index in [0.717, 1.165) is 12.6 Å². The maximum Gasteiger partial charge on any atom is 0.416 e. The number of nitrogens with one attached hydrogen (secondary N) is 1. The van der Waals surface area contributed by atoms with Crippen LogP contribution in [0.25, 0.3) is 0 Å². The van der Waals surface area contributed by atoms with Gasteiger partial charge in [-0.05, 0) is 19.0 Å². The molecular formula is C11H11F3N2O2. The number of nitrogens with zero attached hydrogens (tertiary/aromatic N) is 1. The fourth-order valence-corrected chi connectivity index (χ4v) is 2.14. The molecule has 0 aliphatic carbocycles. The summed E-state index contributed by atoms with van der Waals surface area (Å²) in [6.45, 7) is 1.29. The first-order valence-corrected chi connectivity index (χ1v) is 5.46. The van der Waals surface area contributed by atoms with E-state index in [1.165, 1.54) is 6.07 Å². The Morgan fingerprint density at radius 2 is 2.11 bits per heavy atom. The first kappa shape index (κ1) is 12.8. The van der Waals surface area contributed by atoms with Gasteiger partial charge in [-0.25, -0.2) is 0 Å². The Balaban J connectivity index is 2.44. The largest absolute Gasteiger partial charge is 0.416 e. The summed E-state index contributed by atoms with van der Waals surface area (Å²) >= 11 is 0. The van der Waals surface area contributed by atoms with Gasteiger partial charge in [0, 0.05) is 24.1 Å². The molecule has 1 unspecified atom stereocenters. The minimum Gasteiger partial charge on any atom is -0.316 e. The third-order valence-corrected chi connectivity index (χ3v) is 3.05. The predicted octanol–water partition coefficient (Wildman–Crippen LogP) is 2.69. The highest BCUT2D eigenvalue weighted by Crippen LogP contribution is 2.36. The minimum atomic E-state index is -4.56. The number of nitro groups is 1. The minimum absolute atomic E-state index is 0.0901. The Kier molecular flexibility index (Phi) is 3.25. The standard InChI is InChI=1S/C11H11F3N2O2/c12-11(13,14)8-1-2-9(7-3-4-15-6-7)10(5-8)16(17)18/h1-2,5,7,15H,3-4,6H2. The van der Waals surface area contributed by atoms with E-state index in [1.807, 2.05) is 0 Å². The van der Waals surface area contributed by atoms with Crippen molar-refractivity contribution in [1.29, 1.82) is 0 Å². The third kappa shape index (κ3) is 2.45. The van der Waals surface area contributed by atoms with Crippen LogP contribution in [-0.4, -0.2) is 18.0 Å². The maximum absolute atomic E-state index is 12.5. The molecule has 18 heavy (non-hydrogen) atoms. The van der Waals surface area contributed by atoms with E-state index >= 15 is 0 Å². The van der Waals surface area contributed by atoms with Crippen molar-refractivity contribution in [1.82, 2.24) is 5.32 Å². The van der Waals surface area contributed by atoms with Gasteiger partial charge in [-0.3, -0.25) is 10.1 Å². The summed E-state index contributed by atoms with van der Waals surface area (Å²) in [5, 5.41) is 13.9. The second kappa shape index (κ2) is 4.56. The van der Waals surface area contributed by atoms with Crippen LogP contribution >= 0.6 is 0 Å². The molecule has 0 spiro atoms. The van der Waals surface area contributed by atoms with Crippen molar-refractivity contribution in [3.8, 4) is 0 Å². The summed E-state index contributed by atoms with van der Waals surface area (Å²) in [5.41, 5.74) is -1.06. The van der Waals surface area contributed by atoms with Gasteiger partial charge in [-0.2, -0.15) is 13.2 Å². The van der Waals surface area contributed by atoms with Crippen LogP contribution in [-0.2, 0) is 6.18 Å². The molecule has 7 heteroatoms. The number of nitro benzene ring substituents is 1. The van der Waals surface area contributed by atoms with E-state index < -0.39 is 22.4 Å². The molecule has 1 atom stereocenters. The van der Waals surface area contributed by atoms with E-state index in [2.05, 4.69) is 5.32 Å². The Hall–Kier alpha value is -1.63. The summed E-state index contributed by atoms with van der Waals surface area (Å²) in [6, 6.07) is 2.74. The average molecular weight is 260 g/mol. The van der Waals surface area contributed by atoms with Crippen molar-refractivity contribution in [2.24, 2.45) is 0 Å². The van der Waals surface area contributed by atoms with Crippen molar-refractivity contribution < 1.29 is 18.1 Å². The zero-order valence-corrected chi connectivity index (χ0v) is 9.33. The summed E-state index contributed by atoms with van der Waals surface area (Å²) in [7, 11) is 0. The highest BCUT2D eigenvalue weighted by Gasteiger charge is 2.34. The van der Waals surface area contributed by atoms with Crippen LogP contribution in [0.5, 0.6) is 0 Å². The first-order chi connectivity index (χ1) is 8.39. The van der Waals surface area contributed by atoms with Crippen LogP contribution < -0.4 is 5.32 Å². The van der Waals surface area contributed by atoms with Crippen LogP contribution in [0, 0.1) is 10.1 Å². The lowest BCUT2D eigenvalue weighted by Gasteiger charge is -2.12. The molecule has 1 saturated heterocycles. The van der Waals surface area contributed by atoms with Gasteiger partial charge in [0.1, 0.15) is 0 Å². The molecule has 0 bridgehead atoms. The Bertz CT molecular complexity index is 468. The molecule has 0 saturated carbocycles. The van der Waals surface area contributed by atoms with Crippen LogP contribution in [0.15, 0.2) is 18.2 Å². The number of benzene rings is 1. The van der Waals surface area contributed by atoms with Gasteiger partial charge in [-0.15, -0.1) is 0 Å². The summed E-state index contributed by atoms with van der Waals surface area (Å²) in [6.07, 6.45) is -3.86. The molecule has 1 aromatic carbocycles. The lowest BCUT2D eigenvalue weighted by molar-refractivity contribution is -0.386. The zero-order chi connectivity index (χ0) is 13.3. The first-order valence-electron chi connectivity index (χ1n) is 5.46. The quantitative estimate of drug-likeness (QED) is 0.657. The molecule has 1 N–H and O–H groups in total. The smallest absolute Gasteiger partial charge is 0.316 e. The third-order valence-electron chi connectivity index (χ3n) is 3.05. The molecule has 0 aromatic heterocycles. The molecule has 98 valence electrons. The van der Waals surface area contributed by atoms with Gasteiger partial charge in [0.15, 0.2) is 0 Å². The Morgan fingerprint density at radius 3 is 2.61 bits per heavy atom. The molecule has 1 heterocycles. The van der Waals surface area contributed by atoms with Gasteiger partial charge >= 0.3 is 6.18 Å².